The van der Waals surface area contributed by atoms with E-state index in [0.29, 0.717) is 37.0 Å². The fourth-order valence-electron chi connectivity index (χ4n) is 11.8. The van der Waals surface area contributed by atoms with Crippen LogP contribution in [-0.4, -0.2) is 67.0 Å². The van der Waals surface area contributed by atoms with Crippen molar-refractivity contribution >= 4 is 55.8 Å². The summed E-state index contributed by atoms with van der Waals surface area (Å²) in [5.74, 6) is -1.50. The van der Waals surface area contributed by atoms with E-state index in [2.05, 4.69) is 184 Å². The molecule has 4 saturated carbocycles. The summed E-state index contributed by atoms with van der Waals surface area (Å²) in [6.07, 6.45) is 5.59. The number of aryl methyl sites for hydroxylation is 2. The van der Waals surface area contributed by atoms with Crippen LogP contribution in [0.15, 0.2) is 199 Å². The minimum atomic E-state index is -4.65. The topological polar surface area (TPSA) is 162 Å². The maximum atomic E-state index is 11.8. The van der Waals surface area contributed by atoms with Crippen LogP contribution in [0.4, 0.5) is 0 Å². The zero-order valence-corrected chi connectivity index (χ0v) is 51.1. The van der Waals surface area contributed by atoms with Crippen molar-refractivity contribution < 1.29 is 97.6 Å². The second-order valence-corrected chi connectivity index (χ2v) is 26.4. The molecule has 8 fully saturated rings. The normalized spacial score (nSPS) is 24.6. The summed E-state index contributed by atoms with van der Waals surface area (Å²) in [5, 5.41) is 0. The number of fused-ring (bicyclic) bond motifs is 2. The van der Waals surface area contributed by atoms with E-state index in [1.165, 1.54) is 40.5 Å². The molecule has 4 aliphatic carbocycles. The van der Waals surface area contributed by atoms with Crippen molar-refractivity contribution in [1.82, 2.24) is 0 Å². The fraction of sp³-hybridized carbons (Fsp3) is 0.365. The maximum absolute atomic E-state index is 11.8. The molecule has 0 spiro atoms. The van der Waals surface area contributed by atoms with Crippen LogP contribution in [0, 0.1) is 49.4 Å². The minimum Gasteiger partial charge on any atom is -1.00 e. The van der Waals surface area contributed by atoms with E-state index in [0.717, 1.165) is 38.5 Å². The summed E-state index contributed by atoms with van der Waals surface area (Å²) in [6, 6.07) is 60.8. The number of rotatable bonds is 11. The molecule has 0 aromatic heterocycles. The molecule has 8 bridgehead atoms. The minimum absolute atomic E-state index is 0. The average Bonchev–Trinajstić information content (AvgIpc) is 3.87. The number of ether oxygens (including phenoxy) is 4. The first-order chi connectivity index (χ1) is 37.2. The Balaban J connectivity index is 0.000000151. The van der Waals surface area contributed by atoms with Gasteiger partial charge in [-0.3, -0.25) is 19.2 Å². The molecule has 4 aliphatic heterocycles. The van der Waals surface area contributed by atoms with Crippen LogP contribution in [0.5, 0.6) is 0 Å². The van der Waals surface area contributed by atoms with E-state index < -0.39 is 34.0 Å². The SMILES string of the molecule is CCC(=O)OC1C2CC3CC(C2)C(=O)OC1C3.Cc1ccc([S+](c2ccccc2)c2ccccc2)cc1.Cc1ccc([S+](c2ccccc2)c2ccccc2)cc1.O=C(CS(=O)(=O)[O-])OC1C2CC3CC(C2)C(=O)OC1C3.[Br-].[Na+]. The van der Waals surface area contributed by atoms with Crippen LogP contribution >= 0.6 is 0 Å². The zero-order valence-electron chi connectivity index (χ0n) is 45.1. The van der Waals surface area contributed by atoms with Crippen LogP contribution in [-0.2, 0) is 70.0 Å². The van der Waals surface area contributed by atoms with E-state index in [-0.39, 0.29) is 116 Å². The third-order valence-corrected chi connectivity index (χ3v) is 20.3. The Kier molecular flexibility index (Phi) is 22.6. The number of benzene rings is 6. The van der Waals surface area contributed by atoms with E-state index in [1.54, 1.807) is 6.92 Å². The van der Waals surface area contributed by atoms with Crippen molar-refractivity contribution in [2.75, 3.05) is 5.75 Å². The van der Waals surface area contributed by atoms with Crippen LogP contribution in [0.2, 0.25) is 0 Å². The Labute approximate surface area is 503 Å². The molecular formula is C63H67BrNaO11S3+. The molecule has 0 N–H and O–H groups in total. The quantitative estimate of drug-likeness (QED) is 0.0518. The van der Waals surface area contributed by atoms with Gasteiger partial charge in [0, 0.05) is 18.3 Å². The van der Waals surface area contributed by atoms with Crippen molar-refractivity contribution in [3.05, 3.63) is 181 Å². The molecule has 16 heteroatoms. The first-order valence-electron chi connectivity index (χ1n) is 26.7. The van der Waals surface area contributed by atoms with Gasteiger partial charge in [0.1, 0.15) is 40.3 Å². The summed E-state index contributed by atoms with van der Waals surface area (Å²) in [5.41, 5.74) is 2.61. The Bertz CT molecular complexity index is 2850. The molecule has 0 amide bonds. The van der Waals surface area contributed by atoms with Gasteiger partial charge in [0.2, 0.25) is 0 Å². The third kappa shape index (κ3) is 16.5. The number of halogens is 1. The van der Waals surface area contributed by atoms with Gasteiger partial charge in [-0.05, 0) is 150 Å². The Morgan fingerprint density at radius 1 is 0.494 bits per heavy atom. The molecule has 4 saturated heterocycles. The number of hydrogen-bond acceptors (Lipinski definition) is 11. The van der Waals surface area contributed by atoms with Gasteiger partial charge in [-0.1, -0.05) is 115 Å². The van der Waals surface area contributed by atoms with Crippen LogP contribution in [0.25, 0.3) is 0 Å². The summed E-state index contributed by atoms with van der Waals surface area (Å²) < 4.78 is 53.1. The summed E-state index contributed by atoms with van der Waals surface area (Å²) >= 11 is 0. The van der Waals surface area contributed by atoms with Crippen LogP contribution < -0.4 is 46.5 Å². The van der Waals surface area contributed by atoms with Gasteiger partial charge in [0.25, 0.3) is 0 Å². The van der Waals surface area contributed by atoms with Crippen molar-refractivity contribution in [2.45, 2.75) is 132 Å². The van der Waals surface area contributed by atoms with Gasteiger partial charge < -0.3 is 40.5 Å². The van der Waals surface area contributed by atoms with Crippen molar-refractivity contribution in [1.29, 1.82) is 0 Å². The molecule has 79 heavy (non-hydrogen) atoms. The smallest absolute Gasteiger partial charge is 1.00 e. The average molecular weight is 1200 g/mol. The molecule has 10 atom stereocenters. The molecule has 410 valence electrons. The number of carbonyl (C=O) groups excluding carboxylic acids is 4. The van der Waals surface area contributed by atoms with E-state index in [1.807, 2.05) is 0 Å². The largest absolute Gasteiger partial charge is 1.00 e. The first kappa shape index (κ1) is 61.9. The molecule has 10 unspecified atom stereocenters. The van der Waals surface area contributed by atoms with Crippen molar-refractivity contribution in [3.8, 4) is 0 Å². The summed E-state index contributed by atoms with van der Waals surface area (Å²) in [4.78, 5) is 54.7. The third-order valence-electron chi connectivity index (χ3n) is 15.2. The van der Waals surface area contributed by atoms with E-state index in [9.17, 15) is 32.1 Å². The molecule has 0 radical (unpaired) electrons. The first-order valence-corrected chi connectivity index (χ1v) is 30.8. The van der Waals surface area contributed by atoms with Gasteiger partial charge in [-0.2, -0.15) is 0 Å². The second-order valence-electron chi connectivity index (χ2n) is 20.9. The van der Waals surface area contributed by atoms with Gasteiger partial charge in [-0.25, -0.2) is 8.42 Å². The Morgan fingerprint density at radius 3 is 1.13 bits per heavy atom. The molecular weight excluding hydrogens is 1130 g/mol. The zero-order chi connectivity index (χ0) is 54.1. The standard InChI is InChI=1S/2C19H17S.C13H18O4.C12H16O7S.BrH.Na/c2*1-16-12-14-19(15-13-16)20(17-8-4-2-5-9-17)18-10-6-3-7-11-18;1-2-11(14)17-12-8-3-7-4-9(6-8)13(15)16-10(12)5-7;13-10(5-20(15,16)17)19-11-7-1-6-2-8(4-7)12(14)18-9(11)3-6;;/h2*2-15H,1H3;7-10,12H,2-6H2,1H3;6-9,11H,1-5H2,(H,15,16,17);1H;/q2*+1;;;;+1/p-2. The van der Waals surface area contributed by atoms with Gasteiger partial charge in [0.15, 0.2) is 29.4 Å². The molecule has 11 nitrogen and oxygen atoms in total. The van der Waals surface area contributed by atoms with Crippen LogP contribution in [0.1, 0.15) is 75.8 Å². The fourth-order valence-corrected chi connectivity index (χ4v) is 16.4. The summed E-state index contributed by atoms with van der Waals surface area (Å²) in [7, 11) is -4.70. The van der Waals surface area contributed by atoms with Gasteiger partial charge in [0.05, 0.1) is 33.6 Å². The number of carbonyl (C=O) groups is 4. The predicted octanol–water partition coefficient (Wildman–Crippen LogP) is 5.66. The van der Waals surface area contributed by atoms with Gasteiger partial charge >= 0.3 is 53.4 Å². The van der Waals surface area contributed by atoms with Crippen LogP contribution in [0.3, 0.4) is 0 Å². The van der Waals surface area contributed by atoms with Crippen molar-refractivity contribution in [2.24, 2.45) is 35.5 Å². The summed E-state index contributed by atoms with van der Waals surface area (Å²) in [6.45, 7) is 6.05. The predicted molar refractivity (Wildman–Crippen MR) is 295 cm³/mol. The molecule has 6 aromatic rings. The number of hydrogen-bond donors (Lipinski definition) is 0. The monoisotopic (exact) mass is 1200 g/mol. The van der Waals surface area contributed by atoms with Crippen molar-refractivity contribution in [3.63, 3.8) is 0 Å². The molecule has 4 heterocycles. The number of esters is 4. The molecule has 6 aromatic carbocycles. The Morgan fingerprint density at radius 2 is 0.810 bits per heavy atom. The molecule has 14 rings (SSSR count). The Hall–Kier alpha value is -4.71. The van der Waals surface area contributed by atoms with E-state index >= 15 is 0 Å². The second kappa shape index (κ2) is 28.8. The van der Waals surface area contributed by atoms with Gasteiger partial charge in [-0.15, -0.1) is 0 Å². The molecule has 8 aliphatic rings. The maximum Gasteiger partial charge on any atom is 1.00 e. The van der Waals surface area contributed by atoms with E-state index in [4.69, 9.17) is 18.9 Å².